The van der Waals surface area contributed by atoms with Crippen LogP contribution in [0.1, 0.15) is 0 Å². The molecule has 0 bridgehead atoms. The van der Waals surface area contributed by atoms with Crippen molar-refractivity contribution >= 4 is 5.97 Å². The molecule has 1 aliphatic heterocycles. The average Bonchev–Trinajstić information content (AvgIpc) is 2.49. The molecule has 76 valence electrons. The lowest BCUT2D eigenvalue weighted by Crippen LogP contribution is -2.34. The van der Waals surface area contributed by atoms with Gasteiger partial charge in [-0.1, -0.05) is 0 Å². The molecule has 1 fully saturated rings. The van der Waals surface area contributed by atoms with Crippen LogP contribution in [0.3, 0.4) is 0 Å². The minimum absolute atomic E-state index is 0.0385. The molecule has 0 saturated carbocycles. The normalized spacial score (nSPS) is 28.9. The van der Waals surface area contributed by atoms with Gasteiger partial charge in [0, 0.05) is 13.1 Å². The van der Waals surface area contributed by atoms with Crippen LogP contribution in [-0.4, -0.2) is 32.3 Å². The SMILES string of the molecule is COC(=O)[C@H]1CNC[C@@H]1C(F)(F)F. The molecule has 0 aromatic heterocycles. The van der Waals surface area contributed by atoms with Gasteiger partial charge in [0.25, 0.3) is 0 Å². The molecular weight excluding hydrogens is 187 g/mol. The number of hydrogen-bond donors (Lipinski definition) is 1. The van der Waals surface area contributed by atoms with Crippen LogP contribution >= 0.6 is 0 Å². The quantitative estimate of drug-likeness (QED) is 0.624. The number of esters is 1. The molecule has 1 aliphatic rings. The van der Waals surface area contributed by atoms with Crippen molar-refractivity contribution in [1.82, 2.24) is 5.32 Å². The van der Waals surface area contributed by atoms with Gasteiger partial charge in [0.2, 0.25) is 0 Å². The predicted octanol–water partition coefficient (Wildman–Crippen LogP) is 0.557. The van der Waals surface area contributed by atoms with Crippen molar-refractivity contribution in [3.8, 4) is 0 Å². The highest BCUT2D eigenvalue weighted by Gasteiger charge is 2.50. The maximum Gasteiger partial charge on any atom is 0.393 e. The molecule has 0 unspecified atom stereocenters. The summed E-state index contributed by atoms with van der Waals surface area (Å²) in [5.74, 6) is -3.50. The fourth-order valence-corrected chi connectivity index (χ4v) is 1.42. The van der Waals surface area contributed by atoms with Crippen LogP contribution in [0.2, 0.25) is 0 Å². The fraction of sp³-hybridized carbons (Fsp3) is 0.857. The highest BCUT2D eigenvalue weighted by atomic mass is 19.4. The maximum absolute atomic E-state index is 12.3. The molecule has 1 heterocycles. The molecule has 1 rings (SSSR count). The van der Waals surface area contributed by atoms with Crippen LogP contribution < -0.4 is 5.32 Å². The Kier molecular flexibility index (Phi) is 2.80. The summed E-state index contributed by atoms with van der Waals surface area (Å²) in [7, 11) is 1.09. The number of methoxy groups -OCH3 is 1. The third kappa shape index (κ3) is 2.12. The molecule has 0 aromatic rings. The summed E-state index contributed by atoms with van der Waals surface area (Å²) in [4.78, 5) is 10.9. The number of carbonyl (C=O) groups excluding carboxylic acids is 1. The van der Waals surface area contributed by atoms with Crippen LogP contribution in [0.5, 0.6) is 0 Å². The highest BCUT2D eigenvalue weighted by molar-refractivity contribution is 5.73. The van der Waals surface area contributed by atoms with Gasteiger partial charge in [-0.15, -0.1) is 0 Å². The summed E-state index contributed by atoms with van der Waals surface area (Å²) in [6.45, 7) is -0.167. The van der Waals surface area contributed by atoms with E-state index in [0.29, 0.717) is 0 Å². The number of ether oxygens (including phenoxy) is 1. The first-order valence-electron chi connectivity index (χ1n) is 3.82. The summed E-state index contributed by atoms with van der Waals surface area (Å²) in [5.41, 5.74) is 0. The van der Waals surface area contributed by atoms with Gasteiger partial charge in [0.1, 0.15) is 0 Å². The molecule has 0 aromatic carbocycles. The molecular formula is C7H10F3NO2. The van der Waals surface area contributed by atoms with Gasteiger partial charge in [-0.05, 0) is 0 Å². The Hall–Kier alpha value is -0.780. The van der Waals surface area contributed by atoms with Gasteiger partial charge in [-0.3, -0.25) is 4.79 Å². The minimum Gasteiger partial charge on any atom is -0.469 e. The van der Waals surface area contributed by atoms with Crippen molar-refractivity contribution in [3.05, 3.63) is 0 Å². The van der Waals surface area contributed by atoms with Gasteiger partial charge in [-0.2, -0.15) is 13.2 Å². The van der Waals surface area contributed by atoms with Crippen LogP contribution in [0.15, 0.2) is 0 Å². The first-order chi connectivity index (χ1) is 5.96. The second-order valence-corrected chi connectivity index (χ2v) is 2.94. The number of nitrogens with one attached hydrogen (secondary N) is 1. The number of carbonyl (C=O) groups is 1. The van der Waals surface area contributed by atoms with E-state index in [2.05, 4.69) is 10.1 Å². The Morgan fingerprint density at radius 3 is 2.54 bits per heavy atom. The number of alkyl halides is 3. The molecule has 3 nitrogen and oxygen atoms in total. The Bertz CT molecular complexity index is 204. The Morgan fingerprint density at radius 1 is 1.46 bits per heavy atom. The first-order valence-corrected chi connectivity index (χ1v) is 3.82. The van der Waals surface area contributed by atoms with E-state index in [1.54, 1.807) is 0 Å². The summed E-state index contributed by atoms with van der Waals surface area (Å²) >= 11 is 0. The van der Waals surface area contributed by atoms with Crippen molar-refractivity contribution in [2.75, 3.05) is 20.2 Å². The second-order valence-electron chi connectivity index (χ2n) is 2.94. The molecule has 1 N–H and O–H groups in total. The van der Waals surface area contributed by atoms with E-state index >= 15 is 0 Å². The third-order valence-corrected chi connectivity index (χ3v) is 2.14. The molecule has 0 radical (unpaired) electrons. The third-order valence-electron chi connectivity index (χ3n) is 2.14. The molecule has 2 atom stereocenters. The van der Waals surface area contributed by atoms with Crippen molar-refractivity contribution in [1.29, 1.82) is 0 Å². The van der Waals surface area contributed by atoms with Crippen molar-refractivity contribution in [2.24, 2.45) is 11.8 Å². The number of hydrogen-bond acceptors (Lipinski definition) is 3. The van der Waals surface area contributed by atoms with E-state index in [-0.39, 0.29) is 13.1 Å². The monoisotopic (exact) mass is 197 g/mol. The Morgan fingerprint density at radius 2 is 2.08 bits per heavy atom. The second kappa shape index (κ2) is 3.53. The zero-order valence-electron chi connectivity index (χ0n) is 7.02. The van der Waals surface area contributed by atoms with E-state index < -0.39 is 24.0 Å². The molecule has 0 spiro atoms. The number of halogens is 3. The largest absolute Gasteiger partial charge is 0.469 e. The lowest BCUT2D eigenvalue weighted by molar-refractivity contribution is -0.188. The number of rotatable bonds is 1. The van der Waals surface area contributed by atoms with Crippen molar-refractivity contribution < 1.29 is 22.7 Å². The van der Waals surface area contributed by atoms with Gasteiger partial charge in [0.15, 0.2) is 0 Å². The maximum atomic E-state index is 12.3. The van der Waals surface area contributed by atoms with E-state index in [9.17, 15) is 18.0 Å². The van der Waals surface area contributed by atoms with Crippen LogP contribution in [0, 0.1) is 11.8 Å². The summed E-state index contributed by atoms with van der Waals surface area (Å²) in [6.07, 6.45) is -4.33. The van der Waals surface area contributed by atoms with Gasteiger partial charge >= 0.3 is 12.1 Å². The average molecular weight is 197 g/mol. The minimum atomic E-state index is -4.33. The smallest absolute Gasteiger partial charge is 0.393 e. The van der Waals surface area contributed by atoms with E-state index in [0.717, 1.165) is 7.11 Å². The van der Waals surface area contributed by atoms with Crippen LogP contribution in [-0.2, 0) is 9.53 Å². The van der Waals surface area contributed by atoms with Gasteiger partial charge < -0.3 is 10.1 Å². The standard InChI is InChI=1S/C7H10F3NO2/c1-13-6(12)4-2-11-3-5(4)7(8,9)10/h4-5,11H,2-3H2,1H3/t4-,5-/m0/s1. The zero-order valence-corrected chi connectivity index (χ0v) is 7.02. The summed E-state index contributed by atoms with van der Waals surface area (Å²) < 4.78 is 41.1. The van der Waals surface area contributed by atoms with E-state index in [1.165, 1.54) is 0 Å². The lowest BCUT2D eigenvalue weighted by Gasteiger charge is -2.18. The fourth-order valence-electron chi connectivity index (χ4n) is 1.42. The Balaban J connectivity index is 2.70. The highest BCUT2D eigenvalue weighted by Crippen LogP contribution is 2.34. The van der Waals surface area contributed by atoms with E-state index in [1.807, 2.05) is 0 Å². The lowest BCUT2D eigenvalue weighted by atomic mass is 9.96. The van der Waals surface area contributed by atoms with Crippen molar-refractivity contribution in [3.63, 3.8) is 0 Å². The van der Waals surface area contributed by atoms with E-state index in [4.69, 9.17) is 0 Å². The van der Waals surface area contributed by atoms with Crippen LogP contribution in [0.4, 0.5) is 13.2 Å². The topological polar surface area (TPSA) is 38.3 Å². The van der Waals surface area contributed by atoms with Gasteiger partial charge in [0.05, 0.1) is 18.9 Å². The molecule has 6 heteroatoms. The van der Waals surface area contributed by atoms with Crippen LogP contribution in [0.25, 0.3) is 0 Å². The molecule has 0 aliphatic carbocycles. The predicted molar refractivity (Wildman–Crippen MR) is 37.9 cm³/mol. The molecule has 0 amide bonds. The summed E-state index contributed by atoms with van der Waals surface area (Å²) in [5, 5.41) is 2.52. The van der Waals surface area contributed by atoms with Crippen molar-refractivity contribution in [2.45, 2.75) is 6.18 Å². The molecule has 1 saturated heterocycles. The van der Waals surface area contributed by atoms with Gasteiger partial charge in [-0.25, -0.2) is 0 Å². The summed E-state index contributed by atoms with van der Waals surface area (Å²) in [6, 6.07) is 0. The zero-order chi connectivity index (χ0) is 10.1. The molecule has 13 heavy (non-hydrogen) atoms. The Labute approximate surface area is 73.2 Å². The first kappa shape index (κ1) is 10.3.